The average molecular weight is 398 g/mol. The van der Waals surface area contributed by atoms with Crippen LogP contribution in [0, 0.1) is 6.92 Å². The number of hydrogen-bond donors (Lipinski definition) is 0. The van der Waals surface area contributed by atoms with Crippen LogP contribution in [0.3, 0.4) is 0 Å². The first-order valence-corrected chi connectivity index (χ1v) is 10.7. The van der Waals surface area contributed by atoms with Crippen LogP contribution in [0.2, 0.25) is 0 Å². The summed E-state index contributed by atoms with van der Waals surface area (Å²) in [5, 5.41) is 10.5. The fourth-order valence-corrected chi connectivity index (χ4v) is 4.75. The van der Waals surface area contributed by atoms with Gasteiger partial charge in [-0.3, -0.25) is 9.20 Å². The fraction of sp³-hybridized carbons (Fsp3) is 0.450. The molecule has 0 aliphatic carbocycles. The van der Waals surface area contributed by atoms with Crippen LogP contribution < -0.4 is 9.47 Å². The van der Waals surface area contributed by atoms with Crippen molar-refractivity contribution in [3.8, 4) is 11.5 Å². The minimum absolute atomic E-state index is 0.174. The lowest BCUT2D eigenvalue weighted by molar-refractivity contribution is -0.129. The molecule has 0 N–H and O–H groups in total. The Morgan fingerprint density at radius 2 is 1.82 bits per heavy atom. The molecule has 7 nitrogen and oxygen atoms in total. The number of rotatable bonds is 3. The average Bonchev–Trinajstić information content (AvgIpc) is 3.16. The van der Waals surface area contributed by atoms with Gasteiger partial charge in [0.1, 0.15) is 13.2 Å². The summed E-state index contributed by atoms with van der Waals surface area (Å²) in [5.41, 5.74) is 2.80. The third kappa shape index (κ3) is 3.05. The molecule has 1 amide bonds. The molecule has 2 aliphatic heterocycles. The van der Waals surface area contributed by atoms with E-state index < -0.39 is 0 Å². The van der Waals surface area contributed by atoms with Crippen LogP contribution in [0.25, 0.3) is 16.6 Å². The van der Waals surface area contributed by atoms with Gasteiger partial charge in [-0.1, -0.05) is 11.8 Å². The topological polar surface area (TPSA) is 69.0 Å². The minimum atomic E-state index is 0.174. The smallest absolute Gasteiger partial charge is 0.233 e. The Bertz CT molecular complexity index is 1060. The molecule has 3 aromatic rings. The summed E-state index contributed by atoms with van der Waals surface area (Å²) >= 11 is 1.45. The lowest BCUT2D eigenvalue weighted by atomic mass is 10.1. The van der Waals surface area contributed by atoms with E-state index in [1.54, 1.807) is 0 Å². The molecule has 2 aliphatic rings. The summed E-state index contributed by atoms with van der Waals surface area (Å²) in [7, 11) is 0. The molecule has 0 atom stereocenters. The van der Waals surface area contributed by atoms with E-state index in [-0.39, 0.29) is 5.91 Å². The standard InChI is InChI=1S/C20H22N4O3S/c1-13-9-14-10-16-17(27-8-7-26-16)11-15(14)24-19(13)21-22-20(24)28-12-18(25)23-5-3-2-4-6-23/h9-11H,2-8,12H2,1H3. The van der Waals surface area contributed by atoms with Crippen LogP contribution in [-0.4, -0.2) is 57.5 Å². The monoisotopic (exact) mass is 398 g/mol. The molecular weight excluding hydrogens is 376 g/mol. The molecule has 1 saturated heterocycles. The molecule has 0 saturated carbocycles. The molecule has 146 valence electrons. The van der Waals surface area contributed by atoms with E-state index in [1.165, 1.54) is 18.2 Å². The van der Waals surface area contributed by atoms with Crippen molar-refractivity contribution in [2.75, 3.05) is 32.1 Å². The lowest BCUT2D eigenvalue weighted by Gasteiger charge is -2.26. The maximum absolute atomic E-state index is 12.6. The molecular formula is C20H22N4O3S. The van der Waals surface area contributed by atoms with Crippen LogP contribution in [-0.2, 0) is 4.79 Å². The molecule has 0 radical (unpaired) electrons. The molecule has 1 aromatic carbocycles. The van der Waals surface area contributed by atoms with E-state index in [0.717, 1.165) is 64.7 Å². The van der Waals surface area contributed by atoms with E-state index in [0.29, 0.717) is 19.0 Å². The molecule has 1 fully saturated rings. The number of pyridine rings is 1. The van der Waals surface area contributed by atoms with E-state index in [2.05, 4.69) is 16.3 Å². The zero-order valence-electron chi connectivity index (χ0n) is 15.8. The number of hydrogen-bond acceptors (Lipinski definition) is 6. The predicted octanol–water partition coefficient (Wildman–Crippen LogP) is 3.07. The summed E-state index contributed by atoms with van der Waals surface area (Å²) in [6.07, 6.45) is 3.41. The first-order chi connectivity index (χ1) is 13.7. The molecule has 0 bridgehead atoms. The zero-order valence-corrected chi connectivity index (χ0v) is 16.6. The van der Waals surface area contributed by atoms with Crippen LogP contribution in [0.15, 0.2) is 23.4 Å². The molecule has 8 heteroatoms. The van der Waals surface area contributed by atoms with Crippen molar-refractivity contribution in [3.63, 3.8) is 0 Å². The summed E-state index contributed by atoms with van der Waals surface area (Å²) < 4.78 is 13.5. The summed E-state index contributed by atoms with van der Waals surface area (Å²) in [5.74, 6) is 2.05. The number of nitrogens with zero attached hydrogens (tertiary/aromatic N) is 4. The second-order valence-electron chi connectivity index (χ2n) is 7.25. The highest BCUT2D eigenvalue weighted by Gasteiger charge is 2.20. The Hall–Kier alpha value is -2.48. The molecule has 0 unspecified atom stereocenters. The Kier molecular flexibility index (Phi) is 4.50. The van der Waals surface area contributed by atoms with E-state index in [1.807, 2.05) is 28.4 Å². The molecule has 4 heterocycles. The van der Waals surface area contributed by atoms with Crippen molar-refractivity contribution >= 4 is 34.2 Å². The molecule has 28 heavy (non-hydrogen) atoms. The largest absolute Gasteiger partial charge is 0.486 e. The van der Waals surface area contributed by atoms with Gasteiger partial charge in [0.25, 0.3) is 0 Å². The fourth-order valence-electron chi connectivity index (χ4n) is 3.90. The third-order valence-corrected chi connectivity index (χ3v) is 6.24. The summed E-state index contributed by atoms with van der Waals surface area (Å²) in [6.45, 7) is 4.86. The van der Waals surface area contributed by atoms with Crippen molar-refractivity contribution in [2.24, 2.45) is 0 Å². The number of amides is 1. The highest BCUT2D eigenvalue weighted by Crippen LogP contribution is 2.36. The van der Waals surface area contributed by atoms with E-state index >= 15 is 0 Å². The van der Waals surface area contributed by atoms with E-state index in [9.17, 15) is 4.79 Å². The van der Waals surface area contributed by atoms with Gasteiger partial charge < -0.3 is 14.4 Å². The van der Waals surface area contributed by atoms with Crippen LogP contribution >= 0.6 is 11.8 Å². The summed E-state index contributed by atoms with van der Waals surface area (Å²) in [4.78, 5) is 14.5. The molecule has 0 spiro atoms. The number of carbonyl (C=O) groups is 1. The number of thioether (sulfide) groups is 1. The maximum atomic E-state index is 12.6. The normalized spacial score (nSPS) is 16.7. The maximum Gasteiger partial charge on any atom is 0.233 e. The van der Waals surface area contributed by atoms with Gasteiger partial charge in [0.15, 0.2) is 22.3 Å². The zero-order chi connectivity index (χ0) is 19.1. The van der Waals surface area contributed by atoms with Crippen LogP contribution in [0.1, 0.15) is 24.8 Å². The number of aromatic nitrogens is 3. The number of ether oxygens (including phenoxy) is 2. The number of likely N-dealkylation sites (tertiary alicyclic amines) is 1. The van der Waals surface area contributed by atoms with Gasteiger partial charge in [-0.05, 0) is 43.9 Å². The first kappa shape index (κ1) is 17.6. The number of piperidine rings is 1. The Morgan fingerprint density at radius 1 is 1.07 bits per heavy atom. The van der Waals surface area contributed by atoms with Gasteiger partial charge in [0.05, 0.1) is 11.3 Å². The quantitative estimate of drug-likeness (QED) is 0.632. The van der Waals surface area contributed by atoms with Crippen molar-refractivity contribution in [1.82, 2.24) is 19.5 Å². The van der Waals surface area contributed by atoms with Gasteiger partial charge in [-0.15, -0.1) is 10.2 Å². The van der Waals surface area contributed by atoms with Gasteiger partial charge in [-0.2, -0.15) is 0 Å². The number of fused-ring (bicyclic) bond motifs is 4. The second-order valence-corrected chi connectivity index (χ2v) is 8.20. The number of benzene rings is 1. The summed E-state index contributed by atoms with van der Waals surface area (Å²) in [6, 6.07) is 6.07. The van der Waals surface area contributed by atoms with Crippen molar-refractivity contribution in [3.05, 3.63) is 23.8 Å². The van der Waals surface area contributed by atoms with Crippen molar-refractivity contribution in [2.45, 2.75) is 31.3 Å². The predicted molar refractivity (Wildman–Crippen MR) is 107 cm³/mol. The molecule has 2 aromatic heterocycles. The lowest BCUT2D eigenvalue weighted by Crippen LogP contribution is -2.36. The Morgan fingerprint density at radius 3 is 2.61 bits per heavy atom. The highest BCUT2D eigenvalue weighted by atomic mass is 32.2. The van der Waals surface area contributed by atoms with Crippen molar-refractivity contribution in [1.29, 1.82) is 0 Å². The van der Waals surface area contributed by atoms with Gasteiger partial charge in [0.2, 0.25) is 5.91 Å². The van der Waals surface area contributed by atoms with Crippen LogP contribution in [0.5, 0.6) is 11.5 Å². The van der Waals surface area contributed by atoms with Crippen molar-refractivity contribution < 1.29 is 14.3 Å². The Labute approximate surface area is 167 Å². The minimum Gasteiger partial charge on any atom is -0.486 e. The van der Waals surface area contributed by atoms with Gasteiger partial charge in [-0.25, -0.2) is 0 Å². The first-order valence-electron chi connectivity index (χ1n) is 9.69. The number of carbonyl (C=O) groups excluding carboxylic acids is 1. The SMILES string of the molecule is Cc1cc2cc3c(cc2n2c(SCC(=O)N4CCCCC4)nnc12)OCCO3. The van der Waals surface area contributed by atoms with Gasteiger partial charge in [0, 0.05) is 24.5 Å². The highest BCUT2D eigenvalue weighted by molar-refractivity contribution is 7.99. The number of aryl methyl sites for hydroxylation is 1. The third-order valence-electron chi connectivity index (χ3n) is 5.32. The molecule has 5 rings (SSSR count). The Balaban J connectivity index is 1.51. The second kappa shape index (κ2) is 7.16. The van der Waals surface area contributed by atoms with Crippen LogP contribution in [0.4, 0.5) is 0 Å². The van der Waals surface area contributed by atoms with E-state index in [4.69, 9.17) is 9.47 Å². The van der Waals surface area contributed by atoms with Gasteiger partial charge >= 0.3 is 0 Å².